The molecule has 0 bridgehead atoms. The lowest BCUT2D eigenvalue weighted by molar-refractivity contribution is 0.476. The van der Waals surface area contributed by atoms with E-state index >= 15 is 0 Å². The van der Waals surface area contributed by atoms with E-state index in [2.05, 4.69) is 0 Å². The fraction of sp³-hybridized carbons (Fsp3) is 0.333. The second kappa shape index (κ2) is 4.07. The average molecular weight is 253 g/mol. The van der Waals surface area contributed by atoms with Crippen LogP contribution >= 0.6 is 0 Å². The van der Waals surface area contributed by atoms with Crippen molar-refractivity contribution in [2.75, 3.05) is 5.75 Å². The Hall–Kier alpha value is -1.49. The molecule has 2 aromatic rings. The van der Waals surface area contributed by atoms with Crippen molar-refractivity contribution in [3.8, 4) is 5.75 Å². The number of phenols is 1. The lowest BCUT2D eigenvalue weighted by Gasteiger charge is -2.04. The molecule has 0 fully saturated rings. The minimum Gasteiger partial charge on any atom is -0.508 e. The molecule has 1 heterocycles. The number of aryl methyl sites for hydroxylation is 1. The largest absolute Gasteiger partial charge is 0.508 e. The van der Waals surface area contributed by atoms with Gasteiger partial charge in [-0.1, -0.05) is 6.92 Å². The molecule has 0 saturated carbocycles. The van der Waals surface area contributed by atoms with Gasteiger partial charge in [-0.15, -0.1) is 0 Å². The van der Waals surface area contributed by atoms with Gasteiger partial charge in [-0.05, 0) is 24.3 Å². The summed E-state index contributed by atoms with van der Waals surface area (Å²) in [6, 6.07) is 6.83. The Morgan fingerprint density at radius 3 is 2.65 bits per heavy atom. The Bertz CT molecular complexity index is 656. The van der Waals surface area contributed by atoms with Gasteiger partial charge in [0.25, 0.3) is 0 Å². The molecular formula is C12H15NO3S. The smallest absolute Gasteiger partial charge is 0.155 e. The fourth-order valence-electron chi connectivity index (χ4n) is 1.86. The monoisotopic (exact) mass is 253 g/mol. The molecule has 92 valence electrons. The summed E-state index contributed by atoms with van der Waals surface area (Å²) in [5, 5.41) is 10.2. The third-order valence-corrected chi connectivity index (χ3v) is 4.55. The van der Waals surface area contributed by atoms with Crippen molar-refractivity contribution in [2.45, 2.75) is 12.7 Å². The zero-order chi connectivity index (χ0) is 12.6. The van der Waals surface area contributed by atoms with Crippen LogP contribution in [-0.2, 0) is 22.6 Å². The lowest BCUT2D eigenvalue weighted by atomic mass is 10.2. The normalized spacial score (nSPS) is 12.1. The van der Waals surface area contributed by atoms with Gasteiger partial charge in [0.15, 0.2) is 9.84 Å². The van der Waals surface area contributed by atoms with E-state index in [1.165, 1.54) is 0 Å². The van der Waals surface area contributed by atoms with E-state index in [1.54, 1.807) is 25.1 Å². The van der Waals surface area contributed by atoms with Crippen molar-refractivity contribution < 1.29 is 13.5 Å². The third-order valence-electron chi connectivity index (χ3n) is 2.93. The molecule has 0 spiro atoms. The quantitative estimate of drug-likeness (QED) is 0.907. The topological polar surface area (TPSA) is 59.3 Å². The predicted octanol–water partition coefficient (Wildman–Crippen LogP) is 1.82. The van der Waals surface area contributed by atoms with E-state index in [0.717, 1.165) is 16.6 Å². The summed E-state index contributed by atoms with van der Waals surface area (Å²) < 4.78 is 25.1. The summed E-state index contributed by atoms with van der Waals surface area (Å²) >= 11 is 0. The highest BCUT2D eigenvalue weighted by Gasteiger charge is 2.13. The molecule has 0 aliphatic heterocycles. The molecule has 5 heteroatoms. The second-order valence-electron chi connectivity index (χ2n) is 4.11. The number of hydrogen-bond acceptors (Lipinski definition) is 3. The zero-order valence-corrected chi connectivity index (χ0v) is 10.7. The minimum atomic E-state index is -3.04. The van der Waals surface area contributed by atoms with E-state index in [9.17, 15) is 13.5 Å². The van der Waals surface area contributed by atoms with Gasteiger partial charge in [0, 0.05) is 29.4 Å². The van der Waals surface area contributed by atoms with Crippen LogP contribution in [0.2, 0.25) is 0 Å². The standard InChI is InChI=1S/C12H15NO3S/c1-3-17(15,16)8-10-6-9-7-11(14)4-5-12(9)13(10)2/h4-7,14H,3,8H2,1-2H3. The Balaban J connectivity index is 2.53. The second-order valence-corrected chi connectivity index (χ2v) is 6.47. The summed E-state index contributed by atoms with van der Waals surface area (Å²) in [7, 11) is -1.20. The van der Waals surface area contributed by atoms with E-state index in [4.69, 9.17) is 0 Å². The molecule has 0 amide bonds. The number of benzene rings is 1. The number of aromatic hydroxyl groups is 1. The van der Waals surface area contributed by atoms with Crippen LogP contribution in [-0.4, -0.2) is 23.8 Å². The highest BCUT2D eigenvalue weighted by Crippen LogP contribution is 2.24. The summed E-state index contributed by atoms with van der Waals surface area (Å²) in [5.41, 5.74) is 1.66. The minimum absolute atomic E-state index is 0.0371. The number of phenolic OH excluding ortho intramolecular Hbond substituents is 1. The van der Waals surface area contributed by atoms with Gasteiger partial charge < -0.3 is 9.67 Å². The molecule has 1 aromatic carbocycles. The molecule has 1 aromatic heterocycles. The van der Waals surface area contributed by atoms with Crippen LogP contribution in [0, 0.1) is 0 Å². The van der Waals surface area contributed by atoms with Gasteiger partial charge >= 0.3 is 0 Å². The number of sulfone groups is 1. The number of fused-ring (bicyclic) bond motifs is 1. The summed E-state index contributed by atoms with van der Waals surface area (Å²) in [6.07, 6.45) is 0. The van der Waals surface area contributed by atoms with E-state index in [1.807, 2.05) is 17.7 Å². The van der Waals surface area contributed by atoms with Crippen LogP contribution in [0.1, 0.15) is 12.6 Å². The third kappa shape index (κ3) is 2.29. The molecule has 4 nitrogen and oxygen atoms in total. The molecule has 1 N–H and O–H groups in total. The van der Waals surface area contributed by atoms with Crippen LogP contribution in [0.5, 0.6) is 5.75 Å². The van der Waals surface area contributed by atoms with Gasteiger partial charge in [-0.25, -0.2) is 8.42 Å². The van der Waals surface area contributed by atoms with Gasteiger partial charge in [-0.3, -0.25) is 0 Å². The molecule has 0 aliphatic carbocycles. The number of aromatic nitrogens is 1. The van der Waals surface area contributed by atoms with Gasteiger partial charge in [0.2, 0.25) is 0 Å². The van der Waals surface area contributed by atoms with E-state index in [-0.39, 0.29) is 17.3 Å². The van der Waals surface area contributed by atoms with Crippen LogP contribution in [0.4, 0.5) is 0 Å². The molecule has 2 rings (SSSR count). The molecule has 0 unspecified atom stereocenters. The molecule has 17 heavy (non-hydrogen) atoms. The van der Waals surface area contributed by atoms with Crippen molar-refractivity contribution in [2.24, 2.45) is 7.05 Å². The first-order valence-corrected chi connectivity index (χ1v) is 7.23. The van der Waals surface area contributed by atoms with E-state index < -0.39 is 9.84 Å². The molecular weight excluding hydrogens is 238 g/mol. The number of hydrogen-bond donors (Lipinski definition) is 1. The highest BCUT2D eigenvalue weighted by atomic mass is 32.2. The summed E-state index contributed by atoms with van der Waals surface area (Å²) in [6.45, 7) is 1.64. The van der Waals surface area contributed by atoms with Gasteiger partial charge in [0.05, 0.1) is 5.75 Å². The zero-order valence-electron chi connectivity index (χ0n) is 9.84. The van der Waals surface area contributed by atoms with Gasteiger partial charge in [-0.2, -0.15) is 0 Å². The van der Waals surface area contributed by atoms with Crippen LogP contribution in [0.25, 0.3) is 10.9 Å². The average Bonchev–Trinajstić information content (AvgIpc) is 2.55. The first-order valence-electron chi connectivity index (χ1n) is 5.40. The summed E-state index contributed by atoms with van der Waals surface area (Å²) in [4.78, 5) is 0. The van der Waals surface area contributed by atoms with E-state index in [0.29, 0.717) is 0 Å². The number of nitrogens with zero attached hydrogens (tertiary/aromatic N) is 1. The summed E-state index contributed by atoms with van der Waals surface area (Å²) in [5.74, 6) is 0.364. The van der Waals surface area contributed by atoms with Crippen LogP contribution in [0.3, 0.4) is 0 Å². The van der Waals surface area contributed by atoms with Crippen molar-refractivity contribution in [3.05, 3.63) is 30.0 Å². The van der Waals surface area contributed by atoms with Gasteiger partial charge in [0.1, 0.15) is 5.75 Å². The Morgan fingerprint density at radius 2 is 2.00 bits per heavy atom. The first-order chi connectivity index (χ1) is 7.93. The molecule has 0 aliphatic rings. The van der Waals surface area contributed by atoms with Crippen LogP contribution < -0.4 is 0 Å². The van der Waals surface area contributed by atoms with Crippen molar-refractivity contribution in [1.82, 2.24) is 4.57 Å². The molecule has 0 radical (unpaired) electrons. The Labute approximate surface area is 100 Å². The maximum Gasteiger partial charge on any atom is 0.155 e. The SMILES string of the molecule is CCS(=O)(=O)Cc1cc2cc(O)ccc2n1C. The maximum absolute atomic E-state index is 11.6. The molecule has 0 atom stereocenters. The van der Waals surface area contributed by atoms with Crippen molar-refractivity contribution in [1.29, 1.82) is 0 Å². The Morgan fingerprint density at radius 1 is 1.29 bits per heavy atom. The Kier molecular flexibility index (Phi) is 2.87. The molecule has 0 saturated heterocycles. The number of rotatable bonds is 3. The van der Waals surface area contributed by atoms with Crippen LogP contribution in [0.15, 0.2) is 24.3 Å². The lowest BCUT2D eigenvalue weighted by Crippen LogP contribution is -2.09. The maximum atomic E-state index is 11.6. The van der Waals surface area contributed by atoms with Crippen molar-refractivity contribution >= 4 is 20.7 Å². The fourth-order valence-corrected chi connectivity index (χ4v) is 2.79. The van der Waals surface area contributed by atoms with Crippen molar-refractivity contribution in [3.63, 3.8) is 0 Å². The predicted molar refractivity (Wildman–Crippen MR) is 67.7 cm³/mol. The highest BCUT2D eigenvalue weighted by molar-refractivity contribution is 7.90. The first kappa shape index (κ1) is 12.0.